The highest BCUT2D eigenvalue weighted by Gasteiger charge is 2.13. The van der Waals surface area contributed by atoms with Gasteiger partial charge in [-0.3, -0.25) is 4.21 Å². The molecule has 0 aliphatic rings. The Balaban J connectivity index is 2.34. The second kappa shape index (κ2) is 6.57. The third-order valence-electron chi connectivity index (χ3n) is 2.61. The highest BCUT2D eigenvalue weighted by atomic mass is 79.9. The van der Waals surface area contributed by atoms with Crippen molar-refractivity contribution in [3.05, 3.63) is 22.6 Å². The highest BCUT2D eigenvalue weighted by molar-refractivity contribution is 9.10. The Morgan fingerprint density at radius 3 is 2.75 bits per heavy atom. The van der Waals surface area contributed by atoms with Crippen LogP contribution in [0.15, 0.2) is 21.2 Å². The third kappa shape index (κ3) is 4.03. The molecule has 0 amide bonds. The van der Waals surface area contributed by atoms with E-state index in [4.69, 9.17) is 4.42 Å². The summed E-state index contributed by atoms with van der Waals surface area (Å²) in [5, 5.41) is 3.59. The molecule has 1 aromatic rings. The third-order valence-corrected chi connectivity index (χ3v) is 4.63. The van der Waals surface area contributed by atoms with Crippen molar-refractivity contribution in [3.63, 3.8) is 0 Å². The molecule has 0 aliphatic carbocycles. The van der Waals surface area contributed by atoms with Gasteiger partial charge >= 0.3 is 0 Å². The molecule has 3 nitrogen and oxygen atoms in total. The minimum atomic E-state index is -0.739. The zero-order chi connectivity index (χ0) is 12.1. The molecule has 0 saturated heterocycles. The van der Waals surface area contributed by atoms with E-state index < -0.39 is 10.8 Å². The molecule has 92 valence electrons. The summed E-state index contributed by atoms with van der Waals surface area (Å²) in [6, 6.07) is 2.05. The molecule has 0 spiro atoms. The SMILES string of the molecule is CC(NCCC(C)S(C)=O)c1occc1Br. The summed E-state index contributed by atoms with van der Waals surface area (Å²) in [7, 11) is -0.739. The minimum Gasteiger partial charge on any atom is -0.466 e. The first-order valence-electron chi connectivity index (χ1n) is 5.31. The van der Waals surface area contributed by atoms with Gasteiger partial charge in [0, 0.05) is 22.3 Å². The molecule has 1 heterocycles. The fourth-order valence-electron chi connectivity index (χ4n) is 1.38. The Bertz CT molecular complexity index is 354. The van der Waals surface area contributed by atoms with E-state index >= 15 is 0 Å². The van der Waals surface area contributed by atoms with E-state index in [2.05, 4.69) is 28.2 Å². The van der Waals surface area contributed by atoms with Crippen LogP contribution in [0.3, 0.4) is 0 Å². The predicted octanol–water partition coefficient (Wildman–Crippen LogP) is 2.85. The zero-order valence-electron chi connectivity index (χ0n) is 9.83. The van der Waals surface area contributed by atoms with Crippen molar-refractivity contribution in [2.75, 3.05) is 12.8 Å². The van der Waals surface area contributed by atoms with Crippen molar-refractivity contribution in [2.45, 2.75) is 31.6 Å². The normalized spacial score (nSPS) is 17.0. The molecular weight excluding hydrogens is 290 g/mol. The molecule has 1 aromatic heterocycles. The fraction of sp³-hybridized carbons (Fsp3) is 0.636. The first-order valence-corrected chi connectivity index (χ1v) is 7.72. The van der Waals surface area contributed by atoms with Gasteiger partial charge in [-0.15, -0.1) is 0 Å². The Kier molecular flexibility index (Phi) is 5.72. The van der Waals surface area contributed by atoms with E-state index in [1.165, 1.54) is 0 Å². The summed E-state index contributed by atoms with van der Waals surface area (Å²) in [5.41, 5.74) is 0. The van der Waals surface area contributed by atoms with Crippen LogP contribution in [0.2, 0.25) is 0 Å². The molecule has 0 aliphatic heterocycles. The van der Waals surface area contributed by atoms with Gasteiger partial charge < -0.3 is 9.73 Å². The van der Waals surface area contributed by atoms with Crippen molar-refractivity contribution >= 4 is 26.7 Å². The van der Waals surface area contributed by atoms with Gasteiger partial charge in [-0.25, -0.2) is 0 Å². The average molecular weight is 308 g/mol. The summed E-state index contributed by atoms with van der Waals surface area (Å²) in [6.45, 7) is 4.90. The van der Waals surface area contributed by atoms with E-state index in [-0.39, 0.29) is 11.3 Å². The highest BCUT2D eigenvalue weighted by Crippen LogP contribution is 2.23. The van der Waals surface area contributed by atoms with Crippen LogP contribution in [0, 0.1) is 0 Å². The van der Waals surface area contributed by atoms with E-state index in [1.54, 1.807) is 12.5 Å². The quantitative estimate of drug-likeness (QED) is 0.878. The lowest BCUT2D eigenvalue weighted by atomic mass is 10.2. The molecule has 0 saturated carbocycles. The maximum absolute atomic E-state index is 11.2. The lowest BCUT2D eigenvalue weighted by molar-refractivity contribution is 0.426. The Morgan fingerprint density at radius 1 is 1.56 bits per heavy atom. The van der Waals surface area contributed by atoms with Crippen molar-refractivity contribution in [3.8, 4) is 0 Å². The van der Waals surface area contributed by atoms with Crippen LogP contribution < -0.4 is 5.32 Å². The van der Waals surface area contributed by atoms with Crippen LogP contribution in [0.1, 0.15) is 32.1 Å². The van der Waals surface area contributed by atoms with Gasteiger partial charge in [0.05, 0.1) is 16.8 Å². The summed E-state index contributed by atoms with van der Waals surface area (Å²) < 4.78 is 17.5. The minimum absolute atomic E-state index is 0.168. The molecule has 0 radical (unpaired) electrons. The molecule has 16 heavy (non-hydrogen) atoms. The smallest absolute Gasteiger partial charge is 0.134 e. The van der Waals surface area contributed by atoms with E-state index in [0.29, 0.717) is 0 Å². The monoisotopic (exact) mass is 307 g/mol. The van der Waals surface area contributed by atoms with Gasteiger partial charge in [0.25, 0.3) is 0 Å². The molecule has 3 atom stereocenters. The van der Waals surface area contributed by atoms with Crippen LogP contribution in [0.25, 0.3) is 0 Å². The lowest BCUT2D eigenvalue weighted by Crippen LogP contribution is -2.24. The number of furan rings is 1. The Morgan fingerprint density at radius 2 is 2.25 bits per heavy atom. The standard InChI is InChI=1S/C11H18BrNO2S/c1-8(16(3)14)4-6-13-9(2)11-10(12)5-7-15-11/h5,7-9,13H,4,6H2,1-3H3. The van der Waals surface area contributed by atoms with Crippen LogP contribution in [0.4, 0.5) is 0 Å². The first-order chi connectivity index (χ1) is 7.52. The average Bonchev–Trinajstić information content (AvgIpc) is 2.64. The van der Waals surface area contributed by atoms with Gasteiger partial charge in [-0.2, -0.15) is 0 Å². The maximum atomic E-state index is 11.2. The summed E-state index contributed by atoms with van der Waals surface area (Å²) >= 11 is 3.43. The molecule has 0 bridgehead atoms. The fourth-order valence-corrected chi connectivity index (χ4v) is 2.37. The molecule has 1 N–H and O–H groups in total. The van der Waals surface area contributed by atoms with E-state index in [9.17, 15) is 4.21 Å². The Labute approximate surface area is 108 Å². The predicted molar refractivity (Wildman–Crippen MR) is 71.0 cm³/mol. The number of rotatable bonds is 6. The van der Waals surface area contributed by atoms with Crippen molar-refractivity contribution < 1.29 is 8.63 Å². The lowest BCUT2D eigenvalue weighted by Gasteiger charge is -2.14. The van der Waals surface area contributed by atoms with E-state index in [1.807, 2.05) is 13.0 Å². The molecule has 5 heteroatoms. The van der Waals surface area contributed by atoms with Gasteiger partial charge in [0.1, 0.15) is 5.76 Å². The summed E-state index contributed by atoms with van der Waals surface area (Å²) in [4.78, 5) is 0. The molecule has 0 aromatic carbocycles. The zero-order valence-corrected chi connectivity index (χ0v) is 12.2. The number of nitrogens with one attached hydrogen (secondary N) is 1. The molecule has 0 fully saturated rings. The van der Waals surface area contributed by atoms with Gasteiger partial charge in [-0.05, 0) is 41.9 Å². The largest absolute Gasteiger partial charge is 0.466 e. The van der Waals surface area contributed by atoms with E-state index in [0.717, 1.165) is 23.2 Å². The number of hydrogen-bond acceptors (Lipinski definition) is 3. The second-order valence-electron chi connectivity index (χ2n) is 3.91. The van der Waals surface area contributed by atoms with Crippen LogP contribution in [0.5, 0.6) is 0 Å². The van der Waals surface area contributed by atoms with Crippen LogP contribution in [-0.4, -0.2) is 22.3 Å². The van der Waals surface area contributed by atoms with Crippen molar-refractivity contribution in [2.24, 2.45) is 0 Å². The van der Waals surface area contributed by atoms with Crippen molar-refractivity contribution in [1.82, 2.24) is 5.32 Å². The van der Waals surface area contributed by atoms with Gasteiger partial charge in [0.15, 0.2) is 0 Å². The first kappa shape index (κ1) is 13.9. The van der Waals surface area contributed by atoms with Crippen molar-refractivity contribution in [1.29, 1.82) is 0 Å². The molecular formula is C11H18BrNO2S. The van der Waals surface area contributed by atoms with Crippen LogP contribution in [-0.2, 0) is 10.8 Å². The topological polar surface area (TPSA) is 42.2 Å². The Hall–Kier alpha value is -0.130. The number of halogens is 1. The van der Waals surface area contributed by atoms with Gasteiger partial charge in [-0.1, -0.05) is 6.92 Å². The summed E-state index contributed by atoms with van der Waals surface area (Å²) in [5.74, 6) is 0.908. The second-order valence-corrected chi connectivity index (χ2v) is 6.56. The van der Waals surface area contributed by atoms with Crippen LogP contribution >= 0.6 is 15.9 Å². The van der Waals surface area contributed by atoms with Gasteiger partial charge in [0.2, 0.25) is 0 Å². The summed E-state index contributed by atoms with van der Waals surface area (Å²) in [6.07, 6.45) is 4.32. The number of hydrogen-bond donors (Lipinski definition) is 1. The maximum Gasteiger partial charge on any atom is 0.134 e. The molecule has 1 rings (SSSR count). The molecule has 3 unspecified atom stereocenters.